The molecule has 0 spiro atoms. The first-order valence-electron chi connectivity index (χ1n) is 13.7. The predicted molar refractivity (Wildman–Crippen MR) is 172 cm³/mol. The summed E-state index contributed by atoms with van der Waals surface area (Å²) >= 11 is 0. The van der Waals surface area contributed by atoms with E-state index in [1.807, 2.05) is 0 Å². The fourth-order valence-electron chi connectivity index (χ4n) is 5.82. The maximum atomic E-state index is 17.6. The molecule has 0 radical (unpaired) electrons. The summed E-state index contributed by atoms with van der Waals surface area (Å²) < 4.78 is 102. The number of benzene rings is 6. The predicted octanol–water partition coefficient (Wildman–Crippen LogP) is 7.46. The molecule has 0 saturated carbocycles. The van der Waals surface area contributed by atoms with Crippen LogP contribution >= 0.6 is 14.5 Å². The average molecular weight is 634 g/mol. The van der Waals surface area contributed by atoms with Crippen molar-refractivity contribution in [1.29, 1.82) is 0 Å². The summed E-state index contributed by atoms with van der Waals surface area (Å²) in [7, 11) is -10.8. The molecule has 0 saturated heterocycles. The quantitative estimate of drug-likeness (QED) is 0.0973. The van der Waals surface area contributed by atoms with Crippen LogP contribution in [0.4, 0.5) is 26.0 Å². The second-order valence-electron chi connectivity index (χ2n) is 10.2. The van der Waals surface area contributed by atoms with Crippen molar-refractivity contribution in [1.82, 2.24) is 0 Å². The van der Waals surface area contributed by atoms with E-state index in [2.05, 4.69) is 0 Å². The Bertz CT molecular complexity index is 1750. The molecule has 0 aromatic heterocycles. The van der Waals surface area contributed by atoms with Gasteiger partial charge < -0.3 is 0 Å². The molecule has 6 rings (SSSR count). The summed E-state index contributed by atoms with van der Waals surface area (Å²) in [6.45, 7) is 0. The molecule has 0 amide bonds. The summed E-state index contributed by atoms with van der Waals surface area (Å²) in [6, 6.07) is 37.1. The monoisotopic (exact) mass is 633 g/mol. The standard InChI is InChI=1S/C36H25F6P2/c37-31-33(39)36(44(41,42,29-22-12-4-13-23-29)30-24-14-5-15-25-30)34(40)32(38)35(31)43(26-16-6-1-7-17-26,27-18-8-2-9-19-27)28-20-10-3-11-21-28/h1-25H/q+1. The molecule has 0 aliphatic carbocycles. The van der Waals surface area contributed by atoms with Crippen LogP contribution < -0.4 is 37.1 Å². The first kappa shape index (κ1) is 29.8. The zero-order chi connectivity index (χ0) is 31.0. The van der Waals surface area contributed by atoms with Crippen molar-refractivity contribution < 1.29 is 26.0 Å². The zero-order valence-corrected chi connectivity index (χ0v) is 24.9. The Morgan fingerprint density at radius 3 is 0.932 bits per heavy atom. The van der Waals surface area contributed by atoms with E-state index < -0.39 is 59.0 Å². The van der Waals surface area contributed by atoms with E-state index in [9.17, 15) is 0 Å². The first-order valence-corrected chi connectivity index (χ1v) is 17.5. The van der Waals surface area contributed by atoms with E-state index in [1.165, 1.54) is 36.4 Å². The van der Waals surface area contributed by atoms with Gasteiger partial charge in [0.25, 0.3) is 0 Å². The molecule has 0 aliphatic rings. The fourth-order valence-corrected chi connectivity index (χ4v) is 13.2. The Labute approximate surface area is 252 Å². The summed E-state index contributed by atoms with van der Waals surface area (Å²) in [4.78, 5) is 0. The topological polar surface area (TPSA) is 0 Å². The molecule has 0 fully saturated rings. The molecule has 0 nitrogen and oxygen atoms in total. The molecule has 220 valence electrons. The number of hydrogen-bond donors (Lipinski definition) is 0. The van der Waals surface area contributed by atoms with Crippen LogP contribution in [-0.4, -0.2) is 0 Å². The zero-order valence-electron chi connectivity index (χ0n) is 23.1. The second kappa shape index (κ2) is 11.4. The van der Waals surface area contributed by atoms with Crippen LogP contribution in [0.2, 0.25) is 0 Å². The molecule has 6 aromatic rings. The van der Waals surface area contributed by atoms with E-state index in [0.717, 1.165) is 24.3 Å². The van der Waals surface area contributed by atoms with Gasteiger partial charge in [-0.1, -0.05) is 0 Å². The summed E-state index contributed by atoms with van der Waals surface area (Å²) in [5.41, 5.74) is 0. The molecule has 0 N–H and O–H groups in total. The summed E-state index contributed by atoms with van der Waals surface area (Å²) in [5, 5.41) is -3.06. The summed E-state index contributed by atoms with van der Waals surface area (Å²) in [5.74, 6) is -7.91. The van der Waals surface area contributed by atoms with Crippen molar-refractivity contribution in [3.63, 3.8) is 0 Å². The van der Waals surface area contributed by atoms with E-state index in [0.29, 0.717) is 15.9 Å². The van der Waals surface area contributed by atoms with E-state index in [-0.39, 0.29) is 0 Å². The van der Waals surface area contributed by atoms with Gasteiger partial charge in [-0.25, -0.2) is 0 Å². The first-order chi connectivity index (χ1) is 21.2. The normalized spacial score (nSPS) is 12.8. The molecule has 8 heteroatoms. The van der Waals surface area contributed by atoms with Crippen LogP contribution in [0.5, 0.6) is 0 Å². The van der Waals surface area contributed by atoms with Gasteiger partial charge in [0.2, 0.25) is 0 Å². The molecule has 44 heavy (non-hydrogen) atoms. The molecule has 6 aromatic carbocycles. The average Bonchev–Trinajstić information content (AvgIpc) is 3.08. The van der Waals surface area contributed by atoms with Gasteiger partial charge in [0.05, 0.1) is 0 Å². The molecule has 0 atom stereocenters. The van der Waals surface area contributed by atoms with Gasteiger partial charge in [-0.15, -0.1) is 0 Å². The minimum atomic E-state index is -7.09. The van der Waals surface area contributed by atoms with Crippen molar-refractivity contribution in [2.75, 3.05) is 0 Å². The number of hydrogen-bond acceptors (Lipinski definition) is 0. The Balaban J connectivity index is 1.80. The van der Waals surface area contributed by atoms with Gasteiger partial charge in [0.15, 0.2) is 0 Å². The molecule has 0 unspecified atom stereocenters. The van der Waals surface area contributed by atoms with Crippen LogP contribution in [0.15, 0.2) is 152 Å². The Hall–Kier alpha value is -4.24. The summed E-state index contributed by atoms with van der Waals surface area (Å²) in [6.07, 6.45) is 0. The van der Waals surface area contributed by atoms with Gasteiger partial charge in [0.1, 0.15) is 0 Å². The molecular weight excluding hydrogens is 608 g/mol. The maximum absolute atomic E-state index is 17.6. The fraction of sp³-hybridized carbons (Fsp3) is 0. The Morgan fingerprint density at radius 2 is 0.636 bits per heavy atom. The third-order valence-corrected chi connectivity index (χ3v) is 15.7. The Kier molecular flexibility index (Phi) is 7.70. The van der Waals surface area contributed by atoms with Crippen LogP contribution in [0.25, 0.3) is 0 Å². The van der Waals surface area contributed by atoms with Crippen LogP contribution in [-0.2, 0) is 0 Å². The van der Waals surface area contributed by atoms with E-state index in [4.69, 9.17) is 0 Å². The molecular formula is C36H25F6P2+. The van der Waals surface area contributed by atoms with Gasteiger partial charge in [-0.2, -0.15) is 0 Å². The van der Waals surface area contributed by atoms with Crippen molar-refractivity contribution in [2.24, 2.45) is 0 Å². The molecule has 0 aliphatic heterocycles. The SMILES string of the molecule is Fc1c(F)c(P(F)(F)(c2ccccc2)c2ccccc2)c(F)c(F)c1[P+](c1ccccc1)(c1ccccc1)c1ccccc1. The van der Waals surface area contributed by atoms with Crippen LogP contribution in [0.1, 0.15) is 0 Å². The minimum absolute atomic E-state index is 0.394. The van der Waals surface area contributed by atoms with Crippen molar-refractivity contribution in [2.45, 2.75) is 0 Å². The van der Waals surface area contributed by atoms with Crippen molar-refractivity contribution >= 4 is 51.6 Å². The van der Waals surface area contributed by atoms with E-state index >= 15 is 26.0 Å². The number of rotatable bonds is 7. The van der Waals surface area contributed by atoms with Crippen LogP contribution in [0, 0.1) is 23.3 Å². The second-order valence-corrected chi connectivity index (χ2v) is 16.8. The van der Waals surface area contributed by atoms with Gasteiger partial charge >= 0.3 is 253 Å². The third-order valence-electron chi connectivity index (χ3n) is 7.79. The molecule has 0 bridgehead atoms. The number of halogens is 6. The third kappa shape index (κ3) is 4.39. The van der Waals surface area contributed by atoms with E-state index in [1.54, 1.807) is 91.0 Å². The van der Waals surface area contributed by atoms with Crippen LogP contribution in [0.3, 0.4) is 0 Å². The van der Waals surface area contributed by atoms with Gasteiger partial charge in [0, 0.05) is 0 Å². The molecule has 0 heterocycles. The van der Waals surface area contributed by atoms with Gasteiger partial charge in [-0.05, 0) is 0 Å². The van der Waals surface area contributed by atoms with Crippen molar-refractivity contribution in [3.05, 3.63) is 175 Å². The van der Waals surface area contributed by atoms with Gasteiger partial charge in [-0.3, -0.25) is 0 Å². The Morgan fingerprint density at radius 1 is 0.364 bits per heavy atom. The van der Waals surface area contributed by atoms with Crippen molar-refractivity contribution in [3.8, 4) is 0 Å².